The van der Waals surface area contributed by atoms with E-state index in [0.29, 0.717) is 21.1 Å². The minimum atomic E-state index is -0.984. The number of hydrogen-bond acceptors (Lipinski definition) is 1. The smallest absolute Gasteiger partial charge is 0.338 e. The molecule has 23 heavy (non-hydrogen) atoms. The highest BCUT2D eigenvalue weighted by atomic mass is 79.9. The molecule has 0 atom stereocenters. The first kappa shape index (κ1) is 16.1. The Balaban J connectivity index is 2.10. The second-order valence-corrected chi connectivity index (χ2v) is 6.73. The highest BCUT2D eigenvalue weighted by Gasteiger charge is 2.16. The van der Waals surface area contributed by atoms with E-state index in [0.717, 1.165) is 15.6 Å². The van der Waals surface area contributed by atoms with Crippen molar-refractivity contribution >= 4 is 68.2 Å². The molecular weight excluding hydrogens is 401 g/mol. The molecule has 6 heteroatoms. The van der Waals surface area contributed by atoms with Crippen molar-refractivity contribution in [1.29, 1.82) is 0 Å². The van der Waals surface area contributed by atoms with Crippen molar-refractivity contribution < 1.29 is 9.90 Å². The number of H-pyrrole nitrogens is 1. The van der Waals surface area contributed by atoms with E-state index < -0.39 is 5.97 Å². The molecule has 0 aliphatic heterocycles. The van der Waals surface area contributed by atoms with Crippen LogP contribution in [0.3, 0.4) is 0 Å². The van der Waals surface area contributed by atoms with Crippen molar-refractivity contribution in [2.45, 2.75) is 0 Å². The maximum atomic E-state index is 11.6. The van der Waals surface area contributed by atoms with Crippen molar-refractivity contribution in [1.82, 2.24) is 4.98 Å². The van der Waals surface area contributed by atoms with Crippen molar-refractivity contribution in [3.8, 4) is 0 Å². The number of fused-ring (bicyclic) bond motifs is 1. The predicted octanol–water partition coefficient (Wildman–Crippen LogP) is 6.11. The van der Waals surface area contributed by atoms with Crippen LogP contribution in [0.5, 0.6) is 0 Å². The summed E-state index contributed by atoms with van der Waals surface area (Å²) in [5, 5.41) is 11.2. The summed E-state index contributed by atoms with van der Waals surface area (Å²) in [7, 11) is 0. The van der Waals surface area contributed by atoms with Gasteiger partial charge >= 0.3 is 5.97 Å². The molecule has 2 N–H and O–H groups in total. The van der Waals surface area contributed by atoms with E-state index in [1.807, 2.05) is 12.1 Å². The minimum absolute atomic E-state index is 0.233. The van der Waals surface area contributed by atoms with Crippen LogP contribution in [0.1, 0.15) is 21.6 Å². The van der Waals surface area contributed by atoms with Crippen molar-refractivity contribution in [2.75, 3.05) is 0 Å². The van der Waals surface area contributed by atoms with Gasteiger partial charge in [-0.2, -0.15) is 0 Å². The highest BCUT2D eigenvalue weighted by Crippen LogP contribution is 2.27. The van der Waals surface area contributed by atoms with Gasteiger partial charge in [0, 0.05) is 25.4 Å². The van der Waals surface area contributed by atoms with Gasteiger partial charge in [0.15, 0.2) is 0 Å². The molecule has 0 bridgehead atoms. The minimum Gasteiger partial charge on any atom is -0.478 e. The second kappa shape index (κ2) is 6.40. The number of carbonyl (C=O) groups is 1. The molecule has 0 amide bonds. The number of nitrogens with one attached hydrogen (secondary N) is 1. The first-order valence-corrected chi connectivity index (χ1v) is 8.17. The quantitative estimate of drug-likeness (QED) is 0.547. The number of aromatic nitrogens is 1. The van der Waals surface area contributed by atoms with Gasteiger partial charge in [-0.25, -0.2) is 4.79 Å². The zero-order valence-electron chi connectivity index (χ0n) is 11.6. The Bertz CT molecular complexity index is 927. The van der Waals surface area contributed by atoms with Gasteiger partial charge in [0.2, 0.25) is 0 Å². The molecule has 0 unspecified atom stereocenters. The molecule has 0 aliphatic rings. The van der Waals surface area contributed by atoms with Gasteiger partial charge in [0.1, 0.15) is 0 Å². The molecule has 3 rings (SSSR count). The second-order valence-electron chi connectivity index (χ2n) is 4.94. The van der Waals surface area contributed by atoms with E-state index in [1.54, 1.807) is 36.4 Å². The third-order valence-electron chi connectivity index (χ3n) is 3.33. The van der Waals surface area contributed by atoms with Crippen molar-refractivity contribution in [2.24, 2.45) is 0 Å². The van der Waals surface area contributed by atoms with E-state index >= 15 is 0 Å². The molecule has 0 aliphatic carbocycles. The van der Waals surface area contributed by atoms with Gasteiger partial charge in [0.25, 0.3) is 0 Å². The summed E-state index contributed by atoms with van der Waals surface area (Å²) >= 11 is 15.3. The fourth-order valence-corrected chi connectivity index (χ4v) is 3.30. The highest BCUT2D eigenvalue weighted by molar-refractivity contribution is 9.10. The average Bonchev–Trinajstić information content (AvgIpc) is 2.81. The Labute approximate surface area is 150 Å². The van der Waals surface area contributed by atoms with Crippen LogP contribution >= 0.6 is 39.1 Å². The van der Waals surface area contributed by atoms with Gasteiger partial charge < -0.3 is 10.1 Å². The summed E-state index contributed by atoms with van der Waals surface area (Å²) < 4.78 is 0.875. The van der Waals surface area contributed by atoms with Crippen LogP contribution in [0.2, 0.25) is 10.0 Å². The lowest BCUT2D eigenvalue weighted by atomic mass is 10.1. The first-order valence-electron chi connectivity index (χ1n) is 6.63. The molecule has 1 heterocycles. The molecule has 3 aromatic rings. The van der Waals surface area contributed by atoms with Crippen LogP contribution in [0.25, 0.3) is 23.1 Å². The molecule has 1 aromatic heterocycles. The Hall–Kier alpha value is -1.75. The fourth-order valence-electron chi connectivity index (χ4n) is 2.40. The van der Waals surface area contributed by atoms with Gasteiger partial charge in [-0.15, -0.1) is 0 Å². The summed E-state index contributed by atoms with van der Waals surface area (Å²) in [5.74, 6) is -0.984. The molecule has 0 saturated heterocycles. The molecule has 0 fully saturated rings. The Morgan fingerprint density at radius 1 is 1.09 bits per heavy atom. The number of halogens is 3. The lowest BCUT2D eigenvalue weighted by Crippen LogP contribution is -1.97. The average molecular weight is 411 g/mol. The number of aromatic carboxylic acids is 1. The number of rotatable bonds is 3. The van der Waals surface area contributed by atoms with E-state index in [4.69, 9.17) is 23.2 Å². The normalized spacial score (nSPS) is 11.4. The summed E-state index contributed by atoms with van der Waals surface area (Å²) in [6, 6.07) is 10.6. The molecule has 2 aromatic carbocycles. The van der Waals surface area contributed by atoms with E-state index in [9.17, 15) is 9.90 Å². The molecule has 116 valence electrons. The predicted molar refractivity (Wildman–Crippen MR) is 98.3 cm³/mol. The monoisotopic (exact) mass is 409 g/mol. The third-order valence-corrected chi connectivity index (χ3v) is 4.26. The van der Waals surface area contributed by atoms with Crippen LogP contribution in [-0.2, 0) is 0 Å². The number of hydrogen-bond donors (Lipinski definition) is 2. The summed E-state index contributed by atoms with van der Waals surface area (Å²) in [4.78, 5) is 14.7. The molecule has 0 spiro atoms. The zero-order chi connectivity index (χ0) is 16.6. The van der Waals surface area contributed by atoms with Gasteiger partial charge in [-0.1, -0.05) is 51.3 Å². The number of carboxylic acid groups (broad SMARTS) is 1. The lowest BCUT2D eigenvalue weighted by Gasteiger charge is -1.98. The molecule has 0 saturated carbocycles. The molecule has 0 radical (unpaired) electrons. The van der Waals surface area contributed by atoms with E-state index in [1.165, 1.54) is 0 Å². The number of carboxylic acids is 1. The maximum Gasteiger partial charge on any atom is 0.338 e. The van der Waals surface area contributed by atoms with Gasteiger partial charge in [0.05, 0.1) is 11.3 Å². The largest absolute Gasteiger partial charge is 0.478 e. The molecule has 3 nitrogen and oxygen atoms in total. The van der Waals surface area contributed by atoms with E-state index in [2.05, 4.69) is 20.9 Å². The standard InChI is InChI=1S/C17H10BrCl2NO2/c18-10-2-3-13-15(7-10)21-14(16(13)17(22)23)4-1-9-5-11(19)8-12(20)6-9/h1-8,21H,(H,22,23)/b4-1+. The zero-order valence-corrected chi connectivity index (χ0v) is 14.7. The number of benzene rings is 2. The van der Waals surface area contributed by atoms with Gasteiger partial charge in [-0.05, 0) is 42.0 Å². The van der Waals surface area contributed by atoms with Crippen LogP contribution < -0.4 is 0 Å². The van der Waals surface area contributed by atoms with E-state index in [-0.39, 0.29) is 5.56 Å². The van der Waals surface area contributed by atoms with Crippen LogP contribution in [0.4, 0.5) is 0 Å². The Kier molecular flexibility index (Phi) is 4.48. The summed E-state index contributed by atoms with van der Waals surface area (Å²) in [6.45, 7) is 0. The van der Waals surface area contributed by atoms with Crippen LogP contribution in [0.15, 0.2) is 40.9 Å². The summed E-state index contributed by atoms with van der Waals surface area (Å²) in [6.07, 6.45) is 3.48. The summed E-state index contributed by atoms with van der Waals surface area (Å²) in [5.41, 5.74) is 2.29. The van der Waals surface area contributed by atoms with Crippen molar-refractivity contribution in [3.63, 3.8) is 0 Å². The Morgan fingerprint density at radius 2 is 1.78 bits per heavy atom. The van der Waals surface area contributed by atoms with Gasteiger partial charge in [-0.3, -0.25) is 0 Å². The lowest BCUT2D eigenvalue weighted by molar-refractivity contribution is 0.0699. The van der Waals surface area contributed by atoms with Crippen molar-refractivity contribution in [3.05, 3.63) is 67.7 Å². The third kappa shape index (κ3) is 3.44. The van der Waals surface area contributed by atoms with Crippen LogP contribution in [0, 0.1) is 0 Å². The van der Waals surface area contributed by atoms with Crippen LogP contribution in [-0.4, -0.2) is 16.1 Å². The number of aromatic amines is 1. The molecular formula is C17H10BrCl2NO2. The fraction of sp³-hybridized carbons (Fsp3) is 0. The first-order chi connectivity index (χ1) is 10.9. The SMILES string of the molecule is O=C(O)c1c(/C=C/c2cc(Cl)cc(Cl)c2)[nH]c2cc(Br)ccc12. The Morgan fingerprint density at radius 3 is 2.43 bits per heavy atom. The topological polar surface area (TPSA) is 53.1 Å². The maximum absolute atomic E-state index is 11.6.